The third kappa shape index (κ3) is 9.57. The number of carboxylic acids is 2. The van der Waals surface area contributed by atoms with Crippen LogP contribution < -0.4 is 21.7 Å². The number of benzene rings is 2. The molecule has 9 N–H and O–H groups in total. The number of aromatic amines is 1. The zero-order valence-corrected chi connectivity index (χ0v) is 23.9. The summed E-state index contributed by atoms with van der Waals surface area (Å²) in [5.74, 6) is -5.21. The van der Waals surface area contributed by atoms with E-state index in [0.29, 0.717) is 11.1 Å². The molecule has 13 heteroatoms. The first-order valence-electron chi connectivity index (χ1n) is 13.8. The second-order valence-electron chi connectivity index (χ2n) is 10.8. The summed E-state index contributed by atoms with van der Waals surface area (Å²) in [7, 11) is 0. The van der Waals surface area contributed by atoms with Crippen LogP contribution >= 0.6 is 0 Å². The van der Waals surface area contributed by atoms with Crippen LogP contribution in [0.5, 0.6) is 5.75 Å². The number of nitrogens with two attached hydrogens (primary N) is 1. The van der Waals surface area contributed by atoms with Crippen molar-refractivity contribution in [3.8, 4) is 5.75 Å². The first kappa shape index (κ1) is 32.6. The maximum Gasteiger partial charge on any atom is 0.326 e. The van der Waals surface area contributed by atoms with E-state index < -0.39 is 60.2 Å². The molecule has 0 aliphatic heterocycles. The Morgan fingerprint density at radius 1 is 0.814 bits per heavy atom. The molecule has 230 valence electrons. The number of aliphatic carboxylic acids is 2. The molecule has 0 bridgehead atoms. The summed E-state index contributed by atoms with van der Waals surface area (Å²) in [4.78, 5) is 65.9. The van der Waals surface area contributed by atoms with Gasteiger partial charge in [-0.25, -0.2) is 4.79 Å². The Labute approximate surface area is 247 Å². The molecule has 3 aromatic rings. The van der Waals surface area contributed by atoms with Crippen molar-refractivity contribution < 1.29 is 39.3 Å². The number of para-hydroxylation sites is 1. The summed E-state index contributed by atoms with van der Waals surface area (Å²) in [6, 6.07) is 8.10. The molecule has 2 aromatic carbocycles. The number of carbonyl (C=O) groups is 5. The predicted molar refractivity (Wildman–Crippen MR) is 157 cm³/mol. The number of H-pyrrole nitrogens is 1. The lowest BCUT2D eigenvalue weighted by molar-refractivity contribution is -0.143. The van der Waals surface area contributed by atoms with Gasteiger partial charge in [-0.3, -0.25) is 19.2 Å². The van der Waals surface area contributed by atoms with Crippen molar-refractivity contribution in [1.29, 1.82) is 0 Å². The van der Waals surface area contributed by atoms with E-state index in [1.807, 2.05) is 24.3 Å². The maximum absolute atomic E-state index is 13.3. The minimum Gasteiger partial charge on any atom is -0.508 e. The molecule has 0 radical (unpaired) electrons. The van der Waals surface area contributed by atoms with Crippen molar-refractivity contribution in [1.82, 2.24) is 20.9 Å². The number of hydrogen-bond donors (Lipinski definition) is 8. The first-order valence-corrected chi connectivity index (χ1v) is 13.8. The molecule has 1 heterocycles. The van der Waals surface area contributed by atoms with Crippen LogP contribution in [0.4, 0.5) is 0 Å². The van der Waals surface area contributed by atoms with Gasteiger partial charge in [-0.05, 0) is 48.1 Å². The van der Waals surface area contributed by atoms with Crippen LogP contribution in [0, 0.1) is 5.92 Å². The molecular weight excluding hydrogens is 558 g/mol. The molecule has 4 unspecified atom stereocenters. The average molecular weight is 596 g/mol. The number of carboxylic acid groups (broad SMARTS) is 2. The van der Waals surface area contributed by atoms with E-state index in [4.69, 9.17) is 5.73 Å². The zero-order chi connectivity index (χ0) is 31.7. The molecule has 0 spiro atoms. The molecule has 3 amide bonds. The summed E-state index contributed by atoms with van der Waals surface area (Å²) >= 11 is 0. The number of phenolic OH excluding ortho intramolecular Hbond substituents is 1. The van der Waals surface area contributed by atoms with Crippen LogP contribution in [-0.4, -0.2) is 74.1 Å². The number of phenols is 1. The van der Waals surface area contributed by atoms with Gasteiger partial charge in [0.05, 0.1) is 12.5 Å². The van der Waals surface area contributed by atoms with Gasteiger partial charge in [0.2, 0.25) is 17.7 Å². The number of amides is 3. The van der Waals surface area contributed by atoms with E-state index in [1.54, 1.807) is 32.2 Å². The lowest BCUT2D eigenvalue weighted by Gasteiger charge is -2.25. The number of aromatic nitrogens is 1. The molecule has 0 saturated heterocycles. The maximum atomic E-state index is 13.3. The Balaban J connectivity index is 1.71. The minimum atomic E-state index is -1.56. The van der Waals surface area contributed by atoms with Crippen LogP contribution in [0.1, 0.15) is 37.8 Å². The molecule has 0 fully saturated rings. The highest BCUT2D eigenvalue weighted by Gasteiger charge is 2.32. The quantitative estimate of drug-likeness (QED) is 0.125. The van der Waals surface area contributed by atoms with Gasteiger partial charge in [0.1, 0.15) is 23.9 Å². The Kier molecular flexibility index (Phi) is 11.2. The highest BCUT2D eigenvalue weighted by Crippen LogP contribution is 2.19. The van der Waals surface area contributed by atoms with Gasteiger partial charge < -0.3 is 42.0 Å². The number of aromatic hydroxyl groups is 1. The summed E-state index contributed by atoms with van der Waals surface area (Å²) in [6.45, 7) is 3.60. The zero-order valence-electron chi connectivity index (χ0n) is 23.9. The molecule has 0 aliphatic carbocycles. The average Bonchev–Trinajstić information content (AvgIpc) is 3.35. The highest BCUT2D eigenvalue weighted by atomic mass is 16.4. The van der Waals surface area contributed by atoms with E-state index in [0.717, 1.165) is 10.9 Å². The van der Waals surface area contributed by atoms with E-state index in [1.165, 1.54) is 12.1 Å². The first-order chi connectivity index (χ1) is 20.3. The molecular formula is C30H37N5O8. The predicted octanol–water partition coefficient (Wildman–Crippen LogP) is 1.05. The van der Waals surface area contributed by atoms with E-state index >= 15 is 0 Å². The van der Waals surface area contributed by atoms with E-state index in [9.17, 15) is 39.3 Å². The molecule has 43 heavy (non-hydrogen) atoms. The second kappa shape index (κ2) is 14.8. The van der Waals surface area contributed by atoms with Gasteiger partial charge in [0, 0.05) is 23.5 Å². The van der Waals surface area contributed by atoms with Crippen molar-refractivity contribution >= 4 is 40.6 Å². The van der Waals surface area contributed by atoms with Gasteiger partial charge in [-0.1, -0.05) is 44.2 Å². The number of fused-ring (bicyclic) bond motifs is 1. The van der Waals surface area contributed by atoms with Crippen LogP contribution in [0.25, 0.3) is 10.9 Å². The molecule has 1 aromatic heterocycles. The third-order valence-electron chi connectivity index (χ3n) is 6.79. The van der Waals surface area contributed by atoms with Crippen LogP contribution in [0.15, 0.2) is 54.7 Å². The normalized spacial score (nSPS) is 14.0. The third-order valence-corrected chi connectivity index (χ3v) is 6.79. The van der Waals surface area contributed by atoms with Gasteiger partial charge in [0.25, 0.3) is 0 Å². The topological polar surface area (TPSA) is 224 Å². The lowest BCUT2D eigenvalue weighted by Crippen LogP contribution is -2.58. The van der Waals surface area contributed by atoms with Crippen molar-refractivity contribution in [3.63, 3.8) is 0 Å². The standard InChI is InChI=1S/C30H37N5O8/c1-16(2)11-23(28(40)35-25(30(42)43)13-18-15-32-22-6-4-3-5-20(18)22)34-29(41)24(14-26(37)38)33-27(39)21(31)12-17-7-9-19(36)10-8-17/h3-10,15-16,21,23-25,32,36H,11-14,31H2,1-2H3,(H,33,39)(H,34,41)(H,35,40)(H,37,38)(H,42,43). The van der Waals surface area contributed by atoms with Crippen molar-refractivity contribution in [2.45, 2.75) is 63.7 Å². The largest absolute Gasteiger partial charge is 0.508 e. The Morgan fingerprint density at radius 3 is 2.05 bits per heavy atom. The number of carbonyl (C=O) groups excluding carboxylic acids is 3. The van der Waals surface area contributed by atoms with Gasteiger partial charge in [-0.2, -0.15) is 0 Å². The Bertz CT molecular complexity index is 1450. The monoisotopic (exact) mass is 595 g/mol. The lowest BCUT2D eigenvalue weighted by atomic mass is 10.0. The van der Waals surface area contributed by atoms with Gasteiger partial charge in [-0.15, -0.1) is 0 Å². The van der Waals surface area contributed by atoms with Crippen molar-refractivity contribution in [2.75, 3.05) is 0 Å². The summed E-state index contributed by atoms with van der Waals surface area (Å²) in [5, 5.41) is 36.8. The van der Waals surface area contributed by atoms with Crippen LogP contribution in [-0.2, 0) is 36.8 Å². The fourth-order valence-corrected chi connectivity index (χ4v) is 4.61. The van der Waals surface area contributed by atoms with Crippen molar-refractivity contribution in [3.05, 3.63) is 65.9 Å². The van der Waals surface area contributed by atoms with E-state index in [2.05, 4.69) is 20.9 Å². The number of rotatable bonds is 15. The Hall–Kier alpha value is -4.91. The van der Waals surface area contributed by atoms with Gasteiger partial charge in [0.15, 0.2) is 0 Å². The molecule has 0 aliphatic rings. The van der Waals surface area contributed by atoms with Crippen LogP contribution in [0.3, 0.4) is 0 Å². The fraction of sp³-hybridized carbons (Fsp3) is 0.367. The molecule has 4 atom stereocenters. The molecule has 13 nitrogen and oxygen atoms in total. The highest BCUT2D eigenvalue weighted by molar-refractivity contribution is 5.96. The Morgan fingerprint density at radius 2 is 1.42 bits per heavy atom. The van der Waals surface area contributed by atoms with Crippen molar-refractivity contribution in [2.24, 2.45) is 11.7 Å². The van der Waals surface area contributed by atoms with Crippen LogP contribution in [0.2, 0.25) is 0 Å². The number of hydrogen-bond acceptors (Lipinski definition) is 7. The number of nitrogens with one attached hydrogen (secondary N) is 4. The molecule has 0 saturated carbocycles. The van der Waals surface area contributed by atoms with Gasteiger partial charge >= 0.3 is 11.9 Å². The summed E-state index contributed by atoms with van der Waals surface area (Å²) < 4.78 is 0. The minimum absolute atomic E-state index is 0.0238. The van der Waals surface area contributed by atoms with E-state index in [-0.39, 0.29) is 30.9 Å². The fourth-order valence-electron chi connectivity index (χ4n) is 4.61. The summed E-state index contributed by atoms with van der Waals surface area (Å²) in [6.07, 6.45) is 1.04. The SMILES string of the molecule is CC(C)CC(NC(=O)C(CC(=O)O)NC(=O)C(N)Cc1ccc(O)cc1)C(=O)NC(Cc1c[nH]c2ccccc12)C(=O)O. The smallest absolute Gasteiger partial charge is 0.326 e. The molecule has 3 rings (SSSR count). The summed E-state index contributed by atoms with van der Waals surface area (Å²) in [5.41, 5.74) is 8.11. The second-order valence-corrected chi connectivity index (χ2v) is 10.8.